The molecule has 11 nitrogen and oxygen atoms in total. The van der Waals surface area contributed by atoms with E-state index in [2.05, 4.69) is 5.32 Å². The third kappa shape index (κ3) is 10.2. The summed E-state index contributed by atoms with van der Waals surface area (Å²) in [6.07, 6.45) is -1.10. The van der Waals surface area contributed by atoms with Crippen LogP contribution < -0.4 is 10.1 Å². The lowest BCUT2D eigenvalue weighted by Crippen LogP contribution is -2.45. The molecule has 39 heavy (non-hydrogen) atoms. The minimum atomic E-state index is -1.35. The van der Waals surface area contributed by atoms with Crippen molar-refractivity contribution in [3.05, 3.63) is 102 Å². The van der Waals surface area contributed by atoms with Gasteiger partial charge >= 0.3 is 29.3 Å². The smallest absolute Gasteiger partial charge is 0.410 e. The first-order valence-corrected chi connectivity index (χ1v) is 12.3. The standard InChI is InChI=1S/C27H23NO10S/c29-23(19-10-4-1-5-11-19)34-17-36-26(32)28-22(25(31)38-21-14-8-3-9-15-21)16-39-27(33)37-18-35-24(30)20-12-6-2-7-13-20/h1-15,22H,16-18H2,(H,28,32)/t22-/m0/s1. The van der Waals surface area contributed by atoms with E-state index in [-0.39, 0.29) is 22.6 Å². The lowest BCUT2D eigenvalue weighted by Gasteiger charge is -2.17. The van der Waals surface area contributed by atoms with Crippen LogP contribution in [-0.4, -0.2) is 54.7 Å². The Morgan fingerprint density at radius 1 is 0.641 bits per heavy atom. The second kappa shape index (κ2) is 15.4. The molecule has 3 rings (SSSR count). The monoisotopic (exact) mass is 553 g/mol. The van der Waals surface area contributed by atoms with Crippen LogP contribution in [0.3, 0.4) is 0 Å². The maximum Gasteiger partial charge on any atom is 0.410 e. The molecular weight excluding hydrogens is 530 g/mol. The van der Waals surface area contributed by atoms with E-state index in [0.717, 1.165) is 0 Å². The highest BCUT2D eigenvalue weighted by molar-refractivity contribution is 8.13. The fourth-order valence-corrected chi connectivity index (χ4v) is 3.46. The van der Waals surface area contributed by atoms with Crippen molar-refractivity contribution in [2.45, 2.75) is 6.04 Å². The van der Waals surface area contributed by atoms with Crippen LogP contribution in [0.4, 0.5) is 9.59 Å². The number of alkyl carbamates (subject to hydrolysis) is 1. The molecule has 0 aliphatic rings. The number of amides is 1. The van der Waals surface area contributed by atoms with Crippen LogP contribution in [0.5, 0.6) is 5.75 Å². The molecule has 0 heterocycles. The molecule has 3 aromatic carbocycles. The largest absolute Gasteiger partial charge is 0.425 e. The molecule has 0 fully saturated rings. The zero-order valence-corrected chi connectivity index (χ0v) is 21.2. The Morgan fingerprint density at radius 2 is 1.13 bits per heavy atom. The fourth-order valence-electron chi connectivity index (χ4n) is 2.80. The molecule has 12 heteroatoms. The summed E-state index contributed by atoms with van der Waals surface area (Å²) in [5.74, 6) is -2.39. The molecule has 0 aliphatic carbocycles. The normalized spacial score (nSPS) is 10.9. The number of esters is 3. The number of hydrogen-bond acceptors (Lipinski definition) is 11. The summed E-state index contributed by atoms with van der Waals surface area (Å²) in [7, 11) is 0. The van der Waals surface area contributed by atoms with Gasteiger partial charge in [-0.1, -0.05) is 54.6 Å². The van der Waals surface area contributed by atoms with Gasteiger partial charge < -0.3 is 29.0 Å². The second-order valence-electron chi connectivity index (χ2n) is 7.40. The van der Waals surface area contributed by atoms with Gasteiger partial charge in [-0.25, -0.2) is 24.0 Å². The van der Waals surface area contributed by atoms with Crippen LogP contribution in [0.25, 0.3) is 0 Å². The van der Waals surface area contributed by atoms with Gasteiger partial charge in [-0.15, -0.1) is 0 Å². The maximum absolute atomic E-state index is 12.7. The molecule has 3 aromatic rings. The van der Waals surface area contributed by atoms with Crippen molar-refractivity contribution in [1.29, 1.82) is 0 Å². The van der Waals surface area contributed by atoms with E-state index in [0.29, 0.717) is 11.8 Å². The third-order valence-corrected chi connectivity index (χ3v) is 5.53. The molecule has 0 spiro atoms. The Labute approximate surface area is 227 Å². The molecule has 0 saturated carbocycles. The van der Waals surface area contributed by atoms with Crippen LogP contribution in [0.2, 0.25) is 0 Å². The van der Waals surface area contributed by atoms with E-state index in [9.17, 15) is 24.0 Å². The van der Waals surface area contributed by atoms with Crippen LogP contribution in [0.15, 0.2) is 91.0 Å². The minimum absolute atomic E-state index is 0.208. The number of rotatable bonds is 11. The predicted molar refractivity (Wildman–Crippen MR) is 138 cm³/mol. The number of hydrogen-bond donors (Lipinski definition) is 1. The first-order chi connectivity index (χ1) is 18.9. The van der Waals surface area contributed by atoms with Crippen LogP contribution >= 0.6 is 11.8 Å². The molecular formula is C27H23NO10S. The van der Waals surface area contributed by atoms with Crippen LogP contribution in [0.1, 0.15) is 20.7 Å². The van der Waals surface area contributed by atoms with E-state index < -0.39 is 48.9 Å². The second-order valence-corrected chi connectivity index (χ2v) is 8.35. The van der Waals surface area contributed by atoms with Crippen LogP contribution in [-0.2, 0) is 23.7 Å². The number of thioether (sulfide) groups is 1. The van der Waals surface area contributed by atoms with Gasteiger partial charge in [0.2, 0.25) is 13.6 Å². The highest BCUT2D eigenvalue weighted by Crippen LogP contribution is 2.13. The zero-order valence-electron chi connectivity index (χ0n) is 20.3. The summed E-state index contributed by atoms with van der Waals surface area (Å²) < 4.78 is 24.7. The molecule has 1 N–H and O–H groups in total. The van der Waals surface area contributed by atoms with Crippen molar-refractivity contribution in [3.63, 3.8) is 0 Å². The van der Waals surface area contributed by atoms with Crippen molar-refractivity contribution in [2.24, 2.45) is 0 Å². The molecule has 202 valence electrons. The van der Waals surface area contributed by atoms with Gasteiger partial charge in [0.25, 0.3) is 0 Å². The summed E-state index contributed by atoms with van der Waals surface area (Å²) >= 11 is 0.530. The quantitative estimate of drug-likeness (QED) is 0.207. The minimum Gasteiger partial charge on any atom is -0.425 e. The van der Waals surface area contributed by atoms with Crippen molar-refractivity contribution in [3.8, 4) is 5.75 Å². The fraction of sp³-hybridized carbons (Fsp3) is 0.148. The molecule has 0 aromatic heterocycles. The Morgan fingerprint density at radius 3 is 1.67 bits per heavy atom. The summed E-state index contributed by atoms with van der Waals surface area (Å²) in [6.45, 7) is -1.37. The number of benzene rings is 3. The predicted octanol–water partition coefficient (Wildman–Crippen LogP) is 4.19. The molecule has 1 atom stereocenters. The number of nitrogens with one attached hydrogen (secondary N) is 1. The van der Waals surface area contributed by atoms with Crippen molar-refractivity contribution >= 4 is 41.1 Å². The van der Waals surface area contributed by atoms with Crippen molar-refractivity contribution in [2.75, 3.05) is 19.3 Å². The lowest BCUT2D eigenvalue weighted by atomic mass is 10.2. The Hall–Kier alpha value is -4.84. The van der Waals surface area contributed by atoms with E-state index in [4.69, 9.17) is 23.7 Å². The topological polar surface area (TPSA) is 144 Å². The van der Waals surface area contributed by atoms with Gasteiger partial charge in [0.05, 0.1) is 11.1 Å². The summed E-state index contributed by atoms with van der Waals surface area (Å²) in [6, 6.07) is 22.9. The number of carbonyl (C=O) groups excluding carboxylic acids is 5. The molecule has 0 radical (unpaired) electrons. The highest BCUT2D eigenvalue weighted by atomic mass is 32.2. The number of carbonyl (C=O) groups is 5. The first-order valence-electron chi connectivity index (χ1n) is 11.4. The zero-order chi connectivity index (χ0) is 27.9. The van der Waals surface area contributed by atoms with Gasteiger partial charge in [-0.3, -0.25) is 0 Å². The Bertz CT molecular complexity index is 1260. The van der Waals surface area contributed by atoms with E-state index in [1.54, 1.807) is 54.6 Å². The van der Waals surface area contributed by atoms with E-state index >= 15 is 0 Å². The maximum atomic E-state index is 12.7. The first kappa shape index (κ1) is 28.7. The van der Waals surface area contributed by atoms with Crippen LogP contribution in [0, 0.1) is 0 Å². The summed E-state index contributed by atoms with van der Waals surface area (Å²) in [5.41, 5.74) is 0.539. The molecule has 0 aliphatic heterocycles. The summed E-state index contributed by atoms with van der Waals surface area (Å²) in [4.78, 5) is 60.9. The number of para-hydroxylation sites is 1. The average molecular weight is 554 g/mol. The molecule has 0 bridgehead atoms. The van der Waals surface area contributed by atoms with E-state index in [1.807, 2.05) is 0 Å². The van der Waals surface area contributed by atoms with Gasteiger partial charge in [0, 0.05) is 5.75 Å². The Kier molecular flexibility index (Phi) is 11.4. The van der Waals surface area contributed by atoms with Crippen molar-refractivity contribution in [1.82, 2.24) is 5.32 Å². The SMILES string of the molecule is O=C(N[C@@H](CSC(=O)OCOC(=O)c1ccccc1)C(=O)Oc1ccccc1)OCOC(=O)c1ccccc1. The molecule has 0 unspecified atom stereocenters. The van der Waals surface area contributed by atoms with Gasteiger partial charge in [-0.2, -0.15) is 0 Å². The Balaban J connectivity index is 1.48. The summed E-state index contributed by atoms with van der Waals surface area (Å²) in [5, 5.41) is 1.39. The third-order valence-electron chi connectivity index (χ3n) is 4.67. The molecule has 0 saturated heterocycles. The highest BCUT2D eigenvalue weighted by Gasteiger charge is 2.26. The molecule has 1 amide bonds. The lowest BCUT2D eigenvalue weighted by molar-refractivity contribution is -0.136. The number of ether oxygens (including phenoxy) is 5. The average Bonchev–Trinajstić information content (AvgIpc) is 2.96. The van der Waals surface area contributed by atoms with Gasteiger partial charge in [0.15, 0.2) is 0 Å². The van der Waals surface area contributed by atoms with E-state index in [1.165, 1.54) is 36.4 Å². The van der Waals surface area contributed by atoms with Crippen molar-refractivity contribution < 1.29 is 47.7 Å². The van der Waals surface area contributed by atoms with Gasteiger partial charge in [0.1, 0.15) is 11.8 Å². The van der Waals surface area contributed by atoms with Gasteiger partial charge in [-0.05, 0) is 48.2 Å².